The van der Waals surface area contributed by atoms with E-state index in [1.165, 1.54) is 11.2 Å². The van der Waals surface area contributed by atoms with Gasteiger partial charge >= 0.3 is 0 Å². The fraction of sp³-hybridized carbons (Fsp3) is 0.333. The number of rotatable bonds is 5. The van der Waals surface area contributed by atoms with Crippen molar-refractivity contribution in [2.45, 2.75) is 12.5 Å². The Labute approximate surface area is 119 Å². The third-order valence-electron chi connectivity index (χ3n) is 2.61. The summed E-state index contributed by atoms with van der Waals surface area (Å²) in [6, 6.07) is 6.21. The molecule has 0 spiro atoms. The van der Waals surface area contributed by atoms with Crippen LogP contribution in [0.3, 0.4) is 0 Å². The minimum absolute atomic E-state index is 0.160. The number of nitrogens with zero attached hydrogens (tertiary/aromatic N) is 2. The number of hydrogen-bond donors (Lipinski definition) is 1. The van der Waals surface area contributed by atoms with E-state index in [9.17, 15) is 0 Å². The molecule has 0 saturated heterocycles. The highest BCUT2D eigenvalue weighted by atomic mass is 79.9. The maximum Gasteiger partial charge on any atom is 0.216 e. The van der Waals surface area contributed by atoms with Gasteiger partial charge in [-0.3, -0.25) is 0 Å². The number of aromatic nitrogens is 2. The third kappa shape index (κ3) is 3.28. The summed E-state index contributed by atoms with van der Waals surface area (Å²) in [5.41, 5.74) is 0.939. The Morgan fingerprint density at radius 2 is 2.28 bits per heavy atom. The number of methoxy groups -OCH3 is 1. The number of nitrogens with one attached hydrogen (secondary N) is 1. The van der Waals surface area contributed by atoms with Gasteiger partial charge in [0.25, 0.3) is 0 Å². The Hall–Kier alpha value is -0.980. The molecule has 1 unspecified atom stereocenters. The summed E-state index contributed by atoms with van der Waals surface area (Å²) in [4.78, 5) is 9.62. The molecule has 2 aromatic heterocycles. The van der Waals surface area contributed by atoms with Crippen molar-refractivity contribution in [3.63, 3.8) is 0 Å². The van der Waals surface area contributed by atoms with Crippen LogP contribution in [-0.2, 0) is 6.42 Å². The highest BCUT2D eigenvalue weighted by Gasteiger charge is 2.14. The molecular weight excluding hydrogens is 314 g/mol. The van der Waals surface area contributed by atoms with Crippen molar-refractivity contribution in [1.82, 2.24) is 15.3 Å². The molecule has 2 aromatic rings. The summed E-state index contributed by atoms with van der Waals surface area (Å²) in [6.07, 6.45) is 2.43. The van der Waals surface area contributed by atoms with Crippen LogP contribution in [0.25, 0.3) is 0 Å². The minimum atomic E-state index is 0.160. The van der Waals surface area contributed by atoms with Gasteiger partial charge in [-0.15, -0.1) is 11.3 Å². The predicted molar refractivity (Wildman–Crippen MR) is 76.1 cm³/mol. The van der Waals surface area contributed by atoms with E-state index in [4.69, 9.17) is 4.74 Å². The van der Waals surface area contributed by atoms with E-state index in [2.05, 4.69) is 43.3 Å². The lowest BCUT2D eigenvalue weighted by molar-refractivity contribution is 0.394. The molecule has 1 N–H and O–H groups in total. The molecule has 0 aliphatic rings. The number of halogens is 1. The van der Waals surface area contributed by atoms with Gasteiger partial charge in [0.05, 0.1) is 22.6 Å². The van der Waals surface area contributed by atoms with E-state index in [0.717, 1.165) is 15.9 Å². The zero-order chi connectivity index (χ0) is 13.0. The molecule has 96 valence electrons. The predicted octanol–water partition coefficient (Wildman–Crippen LogP) is 2.81. The van der Waals surface area contributed by atoms with E-state index in [0.29, 0.717) is 5.88 Å². The summed E-state index contributed by atoms with van der Waals surface area (Å²) in [6.45, 7) is 0. The van der Waals surface area contributed by atoms with Gasteiger partial charge in [0.1, 0.15) is 6.33 Å². The first-order chi connectivity index (χ1) is 8.72. The molecule has 1 atom stereocenters. The van der Waals surface area contributed by atoms with Gasteiger partial charge in [0, 0.05) is 17.4 Å². The molecule has 0 aromatic carbocycles. The van der Waals surface area contributed by atoms with Crippen LogP contribution in [0, 0.1) is 0 Å². The van der Waals surface area contributed by atoms with Gasteiger partial charge < -0.3 is 10.1 Å². The molecule has 0 radical (unpaired) electrons. The Morgan fingerprint density at radius 3 is 2.89 bits per heavy atom. The van der Waals surface area contributed by atoms with Crippen molar-refractivity contribution < 1.29 is 4.74 Å². The van der Waals surface area contributed by atoms with Crippen LogP contribution in [0.5, 0.6) is 5.88 Å². The van der Waals surface area contributed by atoms with Gasteiger partial charge in [-0.2, -0.15) is 0 Å². The molecule has 0 saturated carbocycles. The van der Waals surface area contributed by atoms with E-state index in [-0.39, 0.29) is 6.04 Å². The highest BCUT2D eigenvalue weighted by Crippen LogP contribution is 2.26. The average molecular weight is 328 g/mol. The fourth-order valence-electron chi connectivity index (χ4n) is 1.67. The summed E-state index contributed by atoms with van der Waals surface area (Å²) >= 11 is 5.21. The molecule has 4 nitrogen and oxygen atoms in total. The third-order valence-corrected chi connectivity index (χ3v) is 4.26. The SMILES string of the molecule is CNC(Cc1ccc(Br)s1)c1cc(OC)ncn1. The topological polar surface area (TPSA) is 47.0 Å². The van der Waals surface area contributed by atoms with Crippen LogP contribution in [0.4, 0.5) is 0 Å². The van der Waals surface area contributed by atoms with Crippen molar-refractivity contribution >= 4 is 27.3 Å². The second-order valence-electron chi connectivity index (χ2n) is 3.74. The van der Waals surface area contributed by atoms with Gasteiger partial charge in [0.15, 0.2) is 0 Å². The quantitative estimate of drug-likeness (QED) is 0.917. The summed E-state index contributed by atoms with van der Waals surface area (Å²) in [5, 5.41) is 3.27. The van der Waals surface area contributed by atoms with E-state index in [1.54, 1.807) is 18.4 Å². The van der Waals surface area contributed by atoms with Gasteiger partial charge in [-0.1, -0.05) is 0 Å². The van der Waals surface area contributed by atoms with Gasteiger partial charge in [-0.25, -0.2) is 9.97 Å². The first-order valence-electron chi connectivity index (χ1n) is 5.50. The van der Waals surface area contributed by atoms with Gasteiger partial charge in [0.2, 0.25) is 5.88 Å². The number of likely N-dealkylation sites (N-methyl/N-ethyl adjacent to an activating group) is 1. The molecule has 18 heavy (non-hydrogen) atoms. The second kappa shape index (κ2) is 6.26. The zero-order valence-corrected chi connectivity index (χ0v) is 12.6. The lowest BCUT2D eigenvalue weighted by Crippen LogP contribution is -2.19. The monoisotopic (exact) mass is 327 g/mol. The summed E-state index contributed by atoms with van der Waals surface area (Å²) in [7, 11) is 3.54. The van der Waals surface area contributed by atoms with E-state index in [1.807, 2.05) is 13.1 Å². The highest BCUT2D eigenvalue weighted by molar-refractivity contribution is 9.11. The molecule has 0 amide bonds. The molecule has 0 aliphatic carbocycles. The van der Waals surface area contributed by atoms with E-state index < -0.39 is 0 Å². The fourth-order valence-corrected chi connectivity index (χ4v) is 3.20. The van der Waals surface area contributed by atoms with Crippen molar-refractivity contribution in [3.8, 4) is 5.88 Å². The summed E-state index contributed by atoms with van der Waals surface area (Å²) in [5.74, 6) is 0.590. The minimum Gasteiger partial charge on any atom is -0.481 e. The largest absolute Gasteiger partial charge is 0.481 e. The lowest BCUT2D eigenvalue weighted by atomic mass is 10.1. The molecular formula is C12H14BrN3OS. The first kappa shape index (κ1) is 13.5. The molecule has 2 heterocycles. The van der Waals surface area contributed by atoms with Crippen molar-refractivity contribution in [3.05, 3.63) is 38.9 Å². The van der Waals surface area contributed by atoms with E-state index >= 15 is 0 Å². The second-order valence-corrected chi connectivity index (χ2v) is 6.28. The van der Waals surface area contributed by atoms with Gasteiger partial charge in [-0.05, 0) is 35.1 Å². The standard InChI is InChI=1S/C12H14BrN3OS/c1-14-9(5-8-3-4-11(13)18-8)10-6-12(17-2)16-7-15-10/h3-4,6-7,9,14H,5H2,1-2H3. The maximum atomic E-state index is 5.12. The normalized spacial score (nSPS) is 12.4. The number of hydrogen-bond acceptors (Lipinski definition) is 5. The van der Waals surface area contributed by atoms with Crippen LogP contribution in [0.2, 0.25) is 0 Å². The van der Waals surface area contributed by atoms with Crippen LogP contribution in [0.1, 0.15) is 16.6 Å². The van der Waals surface area contributed by atoms with Crippen LogP contribution < -0.4 is 10.1 Å². The van der Waals surface area contributed by atoms with Crippen molar-refractivity contribution in [2.24, 2.45) is 0 Å². The Bertz CT molecular complexity index is 518. The zero-order valence-electron chi connectivity index (χ0n) is 10.2. The van der Waals surface area contributed by atoms with Crippen LogP contribution in [0.15, 0.2) is 28.3 Å². The average Bonchev–Trinajstić information content (AvgIpc) is 2.81. The molecule has 6 heteroatoms. The Kier molecular flexibility index (Phi) is 4.68. The smallest absolute Gasteiger partial charge is 0.216 e. The Balaban J connectivity index is 2.17. The van der Waals surface area contributed by atoms with Crippen molar-refractivity contribution in [2.75, 3.05) is 14.2 Å². The maximum absolute atomic E-state index is 5.12. The molecule has 0 aliphatic heterocycles. The molecule has 0 fully saturated rings. The van der Waals surface area contributed by atoms with Crippen LogP contribution in [-0.4, -0.2) is 24.1 Å². The van der Waals surface area contributed by atoms with Crippen LogP contribution >= 0.6 is 27.3 Å². The lowest BCUT2D eigenvalue weighted by Gasteiger charge is -2.14. The molecule has 0 bridgehead atoms. The number of ether oxygens (including phenoxy) is 1. The van der Waals surface area contributed by atoms with Crippen molar-refractivity contribution in [1.29, 1.82) is 0 Å². The summed E-state index contributed by atoms with van der Waals surface area (Å²) < 4.78 is 6.27. The first-order valence-corrected chi connectivity index (χ1v) is 7.11. The Morgan fingerprint density at radius 1 is 1.44 bits per heavy atom. The molecule has 2 rings (SSSR count). The number of thiophene rings is 1.